The van der Waals surface area contributed by atoms with Gasteiger partial charge in [-0.05, 0) is 24.8 Å². The van der Waals surface area contributed by atoms with Crippen LogP contribution in [0.4, 0.5) is 0 Å². The smallest absolute Gasteiger partial charge is 0.0291 e. The van der Waals surface area contributed by atoms with Crippen molar-refractivity contribution in [2.45, 2.75) is 38.6 Å². The first-order chi connectivity index (χ1) is 7.24. The van der Waals surface area contributed by atoms with Crippen LogP contribution in [0.25, 0.3) is 0 Å². The lowest BCUT2D eigenvalue weighted by atomic mass is 9.97. The molecule has 0 heterocycles. The summed E-state index contributed by atoms with van der Waals surface area (Å²) in [6, 6.07) is 10.5. The van der Waals surface area contributed by atoms with E-state index >= 15 is 0 Å². The third-order valence-corrected chi connectivity index (χ3v) is 2.67. The van der Waals surface area contributed by atoms with Crippen molar-refractivity contribution in [2.75, 3.05) is 0 Å². The fourth-order valence-electron chi connectivity index (χ4n) is 1.60. The van der Waals surface area contributed by atoms with E-state index in [0.717, 1.165) is 12.8 Å². The maximum Gasteiger partial charge on any atom is 0.0291 e. The molecule has 1 rings (SSSR count). The van der Waals surface area contributed by atoms with Gasteiger partial charge in [0.2, 0.25) is 0 Å². The Bertz CT molecular complexity index is 289. The first-order valence-corrected chi connectivity index (χ1v) is 5.71. The summed E-state index contributed by atoms with van der Waals surface area (Å²) >= 11 is 0. The molecule has 1 unspecified atom stereocenters. The zero-order valence-corrected chi connectivity index (χ0v) is 9.58. The fraction of sp³-hybridized carbons (Fsp3) is 0.429. The molecular formula is C14H21N. The molecule has 0 saturated heterocycles. The summed E-state index contributed by atoms with van der Waals surface area (Å²) in [6.07, 6.45) is 4.37. The van der Waals surface area contributed by atoms with Crippen molar-refractivity contribution >= 4 is 0 Å². The molecular weight excluding hydrogens is 182 g/mol. The zero-order chi connectivity index (χ0) is 11.1. The van der Waals surface area contributed by atoms with Crippen LogP contribution in [-0.4, -0.2) is 6.04 Å². The van der Waals surface area contributed by atoms with E-state index in [1.54, 1.807) is 0 Å². The minimum atomic E-state index is 0.110. The Morgan fingerprint density at radius 2 is 2.00 bits per heavy atom. The van der Waals surface area contributed by atoms with Crippen LogP contribution >= 0.6 is 0 Å². The zero-order valence-electron chi connectivity index (χ0n) is 9.58. The van der Waals surface area contributed by atoms with Crippen molar-refractivity contribution in [3.8, 4) is 0 Å². The quantitative estimate of drug-likeness (QED) is 0.705. The Morgan fingerprint density at radius 3 is 2.60 bits per heavy atom. The number of hydrogen-bond donors (Lipinski definition) is 1. The minimum Gasteiger partial charge on any atom is -0.324 e. The Kier molecular flexibility index (Phi) is 5.13. The normalized spacial score (nSPS) is 12.4. The highest BCUT2D eigenvalue weighted by Gasteiger charge is 2.07. The van der Waals surface area contributed by atoms with Crippen molar-refractivity contribution in [3.05, 3.63) is 48.0 Å². The summed E-state index contributed by atoms with van der Waals surface area (Å²) in [7, 11) is 0. The van der Waals surface area contributed by atoms with Gasteiger partial charge in [-0.3, -0.25) is 0 Å². The van der Waals surface area contributed by atoms with Gasteiger partial charge >= 0.3 is 0 Å². The molecule has 1 aromatic carbocycles. The molecule has 1 atom stereocenters. The molecule has 15 heavy (non-hydrogen) atoms. The van der Waals surface area contributed by atoms with Gasteiger partial charge in [0, 0.05) is 6.04 Å². The summed E-state index contributed by atoms with van der Waals surface area (Å²) in [5, 5.41) is 0. The molecule has 0 bridgehead atoms. The van der Waals surface area contributed by atoms with E-state index in [1.165, 1.54) is 24.0 Å². The van der Waals surface area contributed by atoms with Gasteiger partial charge in [-0.25, -0.2) is 0 Å². The molecule has 0 spiro atoms. The average Bonchev–Trinajstić information content (AvgIpc) is 2.27. The molecule has 0 fully saturated rings. The second kappa shape index (κ2) is 6.41. The lowest BCUT2D eigenvalue weighted by Crippen LogP contribution is -2.24. The predicted molar refractivity (Wildman–Crippen MR) is 66.8 cm³/mol. The first kappa shape index (κ1) is 12.0. The highest BCUT2D eigenvalue weighted by atomic mass is 14.6. The molecule has 0 amide bonds. The van der Waals surface area contributed by atoms with E-state index in [2.05, 4.69) is 37.8 Å². The maximum absolute atomic E-state index is 6.09. The van der Waals surface area contributed by atoms with Crippen LogP contribution < -0.4 is 5.73 Å². The Morgan fingerprint density at radius 1 is 1.33 bits per heavy atom. The van der Waals surface area contributed by atoms with Crippen molar-refractivity contribution in [2.24, 2.45) is 5.73 Å². The molecule has 0 aromatic heterocycles. The molecule has 1 nitrogen and oxygen atoms in total. The van der Waals surface area contributed by atoms with Gasteiger partial charge in [0.15, 0.2) is 0 Å². The molecule has 0 radical (unpaired) electrons. The number of rotatable bonds is 6. The molecule has 0 aliphatic carbocycles. The number of benzene rings is 1. The topological polar surface area (TPSA) is 26.0 Å². The SMILES string of the molecule is C=C(CCCC)C(N)Cc1ccccc1. The van der Waals surface area contributed by atoms with Crippen LogP contribution in [0, 0.1) is 0 Å². The van der Waals surface area contributed by atoms with E-state index in [-0.39, 0.29) is 6.04 Å². The third-order valence-electron chi connectivity index (χ3n) is 2.67. The van der Waals surface area contributed by atoms with Gasteiger partial charge in [-0.15, -0.1) is 0 Å². The largest absolute Gasteiger partial charge is 0.324 e. The highest BCUT2D eigenvalue weighted by Crippen LogP contribution is 2.12. The number of nitrogens with two attached hydrogens (primary N) is 1. The standard InChI is InChI=1S/C14H21N/c1-3-4-8-12(2)14(15)11-13-9-6-5-7-10-13/h5-7,9-10,14H,2-4,8,11,15H2,1H3. The Labute approximate surface area is 93.0 Å². The van der Waals surface area contributed by atoms with Gasteiger partial charge in [0.05, 0.1) is 0 Å². The summed E-state index contributed by atoms with van der Waals surface area (Å²) < 4.78 is 0. The molecule has 2 N–H and O–H groups in total. The minimum absolute atomic E-state index is 0.110. The number of unbranched alkanes of at least 4 members (excludes halogenated alkanes) is 1. The van der Waals surface area contributed by atoms with Gasteiger partial charge in [0.1, 0.15) is 0 Å². The summed E-state index contributed by atoms with van der Waals surface area (Å²) in [6.45, 7) is 6.25. The summed E-state index contributed by atoms with van der Waals surface area (Å²) in [5.74, 6) is 0. The maximum atomic E-state index is 6.09. The van der Waals surface area contributed by atoms with E-state index < -0.39 is 0 Å². The van der Waals surface area contributed by atoms with E-state index in [9.17, 15) is 0 Å². The molecule has 0 aliphatic heterocycles. The summed E-state index contributed by atoms with van der Waals surface area (Å²) in [5.41, 5.74) is 8.57. The molecule has 0 aliphatic rings. The van der Waals surface area contributed by atoms with E-state index in [0.29, 0.717) is 0 Å². The molecule has 82 valence electrons. The predicted octanol–water partition coefficient (Wildman–Crippen LogP) is 3.30. The highest BCUT2D eigenvalue weighted by molar-refractivity contribution is 5.19. The van der Waals surface area contributed by atoms with Gasteiger partial charge in [0.25, 0.3) is 0 Å². The van der Waals surface area contributed by atoms with Crippen LogP contribution in [0.15, 0.2) is 42.5 Å². The van der Waals surface area contributed by atoms with Crippen molar-refractivity contribution in [1.82, 2.24) is 0 Å². The van der Waals surface area contributed by atoms with Crippen molar-refractivity contribution in [1.29, 1.82) is 0 Å². The Hall–Kier alpha value is -1.08. The fourth-order valence-corrected chi connectivity index (χ4v) is 1.60. The summed E-state index contributed by atoms with van der Waals surface area (Å²) in [4.78, 5) is 0. The second-order valence-electron chi connectivity index (χ2n) is 4.06. The average molecular weight is 203 g/mol. The first-order valence-electron chi connectivity index (χ1n) is 5.71. The van der Waals surface area contributed by atoms with Crippen molar-refractivity contribution in [3.63, 3.8) is 0 Å². The number of hydrogen-bond acceptors (Lipinski definition) is 1. The third kappa shape index (κ3) is 4.30. The van der Waals surface area contributed by atoms with Crippen LogP contribution in [-0.2, 0) is 6.42 Å². The lowest BCUT2D eigenvalue weighted by molar-refractivity contribution is 0.685. The van der Waals surface area contributed by atoms with E-state index in [1.807, 2.05) is 6.07 Å². The Balaban J connectivity index is 2.41. The van der Waals surface area contributed by atoms with E-state index in [4.69, 9.17) is 5.73 Å². The molecule has 0 saturated carbocycles. The second-order valence-corrected chi connectivity index (χ2v) is 4.06. The van der Waals surface area contributed by atoms with Crippen LogP contribution in [0.3, 0.4) is 0 Å². The molecule has 1 aromatic rings. The lowest BCUT2D eigenvalue weighted by Gasteiger charge is -2.14. The van der Waals surface area contributed by atoms with Gasteiger partial charge in [-0.2, -0.15) is 0 Å². The van der Waals surface area contributed by atoms with Crippen LogP contribution in [0.1, 0.15) is 31.7 Å². The van der Waals surface area contributed by atoms with Crippen LogP contribution in [0.5, 0.6) is 0 Å². The van der Waals surface area contributed by atoms with Gasteiger partial charge < -0.3 is 5.73 Å². The van der Waals surface area contributed by atoms with Crippen molar-refractivity contribution < 1.29 is 0 Å². The van der Waals surface area contributed by atoms with Gasteiger partial charge in [-0.1, -0.05) is 55.8 Å². The monoisotopic (exact) mass is 203 g/mol. The van der Waals surface area contributed by atoms with Crippen LogP contribution in [0.2, 0.25) is 0 Å². The molecule has 1 heteroatoms.